The van der Waals surface area contributed by atoms with Crippen molar-refractivity contribution < 1.29 is 0 Å². The van der Waals surface area contributed by atoms with Crippen LogP contribution in [0.4, 0.5) is 0 Å². The van der Waals surface area contributed by atoms with E-state index in [-0.39, 0.29) is 0 Å². The zero-order valence-electron chi connectivity index (χ0n) is 15.1. The average molecular weight is 340 g/mol. The molecule has 0 radical (unpaired) electrons. The minimum absolute atomic E-state index is 0.627. The molecule has 1 fully saturated rings. The molecule has 25 heavy (non-hydrogen) atoms. The minimum atomic E-state index is 0.627. The topological polar surface area (TPSA) is 40.4 Å². The van der Waals surface area contributed by atoms with Gasteiger partial charge in [0.1, 0.15) is 5.82 Å². The third-order valence-electron chi connectivity index (χ3n) is 5.36. The standard InChI is InChI=1S/C19H28N6/c1-22-8-10-23(11-9-22)12-17-13-24(15-18-4-2-3-5-20-18)16-19-21-6-7-25(19)14-17/h2-7,17H,8-16H2,1H3. The lowest BCUT2D eigenvalue weighted by Crippen LogP contribution is -2.47. The SMILES string of the molecule is CN1CCN(CC2CN(Cc3ccccn3)Cc3nccn3C2)CC1. The van der Waals surface area contributed by atoms with E-state index in [4.69, 9.17) is 0 Å². The zero-order chi connectivity index (χ0) is 17.1. The Morgan fingerprint density at radius 3 is 2.68 bits per heavy atom. The molecule has 6 nitrogen and oxygen atoms in total. The van der Waals surface area contributed by atoms with Gasteiger partial charge in [0.2, 0.25) is 0 Å². The maximum absolute atomic E-state index is 4.58. The van der Waals surface area contributed by atoms with E-state index in [1.807, 2.05) is 18.5 Å². The molecule has 1 saturated heterocycles. The molecule has 4 heterocycles. The Hall–Kier alpha value is -1.76. The molecule has 2 aliphatic heterocycles. The molecular formula is C19H28N6. The van der Waals surface area contributed by atoms with E-state index >= 15 is 0 Å². The number of hydrogen-bond acceptors (Lipinski definition) is 5. The largest absolute Gasteiger partial charge is 0.333 e. The van der Waals surface area contributed by atoms with Gasteiger partial charge >= 0.3 is 0 Å². The summed E-state index contributed by atoms with van der Waals surface area (Å²) in [7, 11) is 2.22. The predicted octanol–water partition coefficient (Wildman–Crippen LogP) is 1.16. The molecule has 2 aromatic rings. The molecule has 6 heteroatoms. The first-order chi connectivity index (χ1) is 12.3. The molecule has 2 aliphatic rings. The summed E-state index contributed by atoms with van der Waals surface area (Å²) in [5.74, 6) is 1.80. The molecule has 0 bridgehead atoms. The first kappa shape index (κ1) is 16.7. The fourth-order valence-electron chi connectivity index (χ4n) is 3.98. The van der Waals surface area contributed by atoms with Gasteiger partial charge in [-0.1, -0.05) is 6.07 Å². The van der Waals surface area contributed by atoms with Crippen molar-refractivity contribution in [3.05, 3.63) is 48.3 Å². The van der Waals surface area contributed by atoms with Crippen molar-refractivity contribution in [2.75, 3.05) is 46.3 Å². The van der Waals surface area contributed by atoms with Crippen LogP contribution in [0.1, 0.15) is 11.5 Å². The van der Waals surface area contributed by atoms with Gasteiger partial charge in [0, 0.05) is 76.9 Å². The zero-order valence-corrected chi connectivity index (χ0v) is 15.1. The van der Waals surface area contributed by atoms with Crippen molar-refractivity contribution in [2.24, 2.45) is 5.92 Å². The number of imidazole rings is 1. The lowest BCUT2D eigenvalue weighted by atomic mass is 10.1. The second-order valence-electron chi connectivity index (χ2n) is 7.46. The van der Waals surface area contributed by atoms with Gasteiger partial charge in [-0.05, 0) is 19.2 Å². The first-order valence-electron chi connectivity index (χ1n) is 9.29. The average Bonchev–Trinajstić information content (AvgIpc) is 2.98. The number of rotatable bonds is 4. The third kappa shape index (κ3) is 4.26. The summed E-state index contributed by atoms with van der Waals surface area (Å²) in [6, 6.07) is 6.17. The summed E-state index contributed by atoms with van der Waals surface area (Å²) in [6.45, 7) is 9.88. The molecule has 0 spiro atoms. The van der Waals surface area contributed by atoms with Crippen molar-refractivity contribution in [3.63, 3.8) is 0 Å². The summed E-state index contributed by atoms with van der Waals surface area (Å²) in [5, 5.41) is 0. The Labute approximate surface area is 150 Å². The quantitative estimate of drug-likeness (QED) is 0.835. The molecule has 0 N–H and O–H groups in total. The Kier molecular flexibility index (Phi) is 5.10. The summed E-state index contributed by atoms with van der Waals surface area (Å²) >= 11 is 0. The van der Waals surface area contributed by atoms with Gasteiger partial charge in [0.05, 0.1) is 12.2 Å². The Morgan fingerprint density at radius 1 is 1.00 bits per heavy atom. The van der Waals surface area contributed by atoms with E-state index < -0.39 is 0 Å². The van der Waals surface area contributed by atoms with Crippen LogP contribution in [0.5, 0.6) is 0 Å². The highest BCUT2D eigenvalue weighted by Crippen LogP contribution is 2.18. The van der Waals surface area contributed by atoms with Gasteiger partial charge in [-0.15, -0.1) is 0 Å². The Morgan fingerprint density at radius 2 is 1.88 bits per heavy atom. The van der Waals surface area contributed by atoms with Gasteiger partial charge in [-0.2, -0.15) is 0 Å². The van der Waals surface area contributed by atoms with Crippen LogP contribution in [0, 0.1) is 5.92 Å². The molecule has 1 unspecified atom stereocenters. The van der Waals surface area contributed by atoms with Crippen LogP contribution in [0.2, 0.25) is 0 Å². The van der Waals surface area contributed by atoms with Gasteiger partial charge < -0.3 is 14.4 Å². The van der Waals surface area contributed by atoms with Crippen LogP contribution in [-0.2, 0) is 19.6 Å². The number of fused-ring (bicyclic) bond motifs is 1. The molecular weight excluding hydrogens is 312 g/mol. The summed E-state index contributed by atoms with van der Waals surface area (Å²) in [4.78, 5) is 16.7. The maximum Gasteiger partial charge on any atom is 0.122 e. The summed E-state index contributed by atoms with van der Waals surface area (Å²) < 4.78 is 2.35. The molecule has 4 rings (SSSR count). The third-order valence-corrected chi connectivity index (χ3v) is 5.36. The van der Waals surface area contributed by atoms with Gasteiger partial charge in [-0.3, -0.25) is 9.88 Å². The fourth-order valence-corrected chi connectivity index (χ4v) is 3.98. The van der Waals surface area contributed by atoms with Gasteiger partial charge in [0.25, 0.3) is 0 Å². The van der Waals surface area contributed by atoms with Crippen LogP contribution in [-0.4, -0.2) is 75.6 Å². The van der Waals surface area contributed by atoms with Crippen LogP contribution in [0.25, 0.3) is 0 Å². The fraction of sp³-hybridized carbons (Fsp3) is 0.579. The van der Waals surface area contributed by atoms with E-state index in [2.05, 4.69) is 54.6 Å². The maximum atomic E-state index is 4.58. The number of likely N-dealkylation sites (N-methyl/N-ethyl adjacent to an activating group) is 1. The van der Waals surface area contributed by atoms with Crippen LogP contribution >= 0.6 is 0 Å². The number of piperazine rings is 1. The lowest BCUT2D eigenvalue weighted by molar-refractivity contribution is 0.116. The molecule has 0 saturated carbocycles. The molecule has 0 amide bonds. The monoisotopic (exact) mass is 340 g/mol. The Bertz CT molecular complexity index is 662. The summed E-state index contributed by atoms with van der Waals surface area (Å²) in [5.41, 5.74) is 1.14. The van der Waals surface area contributed by atoms with E-state index in [1.54, 1.807) is 0 Å². The Balaban J connectivity index is 1.45. The molecule has 0 aliphatic carbocycles. The lowest BCUT2D eigenvalue weighted by Gasteiger charge is -2.35. The number of hydrogen-bond donors (Lipinski definition) is 0. The van der Waals surface area contributed by atoms with Crippen molar-refractivity contribution in [2.45, 2.75) is 19.6 Å². The smallest absolute Gasteiger partial charge is 0.122 e. The normalized spacial score (nSPS) is 23.3. The van der Waals surface area contributed by atoms with E-state index in [1.165, 1.54) is 38.5 Å². The van der Waals surface area contributed by atoms with Crippen LogP contribution in [0.3, 0.4) is 0 Å². The van der Waals surface area contributed by atoms with E-state index in [9.17, 15) is 0 Å². The molecule has 134 valence electrons. The van der Waals surface area contributed by atoms with Crippen LogP contribution < -0.4 is 0 Å². The number of aromatic nitrogens is 3. The van der Waals surface area contributed by atoms with E-state index in [0.717, 1.165) is 31.9 Å². The van der Waals surface area contributed by atoms with Crippen molar-refractivity contribution >= 4 is 0 Å². The highest BCUT2D eigenvalue weighted by Gasteiger charge is 2.25. The second kappa shape index (κ2) is 7.64. The minimum Gasteiger partial charge on any atom is -0.333 e. The molecule has 0 aromatic carbocycles. The van der Waals surface area contributed by atoms with Crippen molar-refractivity contribution in [3.8, 4) is 0 Å². The second-order valence-corrected chi connectivity index (χ2v) is 7.46. The van der Waals surface area contributed by atoms with Gasteiger partial charge in [-0.25, -0.2) is 4.98 Å². The first-order valence-corrected chi connectivity index (χ1v) is 9.29. The van der Waals surface area contributed by atoms with E-state index in [0.29, 0.717) is 5.92 Å². The number of pyridine rings is 1. The summed E-state index contributed by atoms with van der Waals surface area (Å²) in [6.07, 6.45) is 5.96. The molecule has 2 aromatic heterocycles. The van der Waals surface area contributed by atoms with Crippen molar-refractivity contribution in [1.82, 2.24) is 29.2 Å². The van der Waals surface area contributed by atoms with Crippen molar-refractivity contribution in [1.29, 1.82) is 0 Å². The van der Waals surface area contributed by atoms with Crippen LogP contribution in [0.15, 0.2) is 36.8 Å². The highest BCUT2D eigenvalue weighted by molar-refractivity contribution is 5.04. The highest BCUT2D eigenvalue weighted by atomic mass is 15.3. The molecule has 1 atom stereocenters. The predicted molar refractivity (Wildman–Crippen MR) is 98.0 cm³/mol. The number of nitrogens with zero attached hydrogens (tertiary/aromatic N) is 6. The van der Waals surface area contributed by atoms with Gasteiger partial charge in [0.15, 0.2) is 0 Å².